The maximum absolute atomic E-state index is 12.4. The van der Waals surface area contributed by atoms with Gasteiger partial charge in [-0.05, 0) is 49.8 Å². The van der Waals surface area contributed by atoms with Gasteiger partial charge in [-0.1, -0.05) is 29.8 Å². The molecule has 7 heteroatoms. The van der Waals surface area contributed by atoms with Crippen LogP contribution < -0.4 is 10.2 Å². The number of benzene rings is 2. The normalized spacial score (nSPS) is 15.0. The molecule has 160 valence electrons. The van der Waals surface area contributed by atoms with Crippen LogP contribution in [-0.2, 0) is 19.1 Å². The molecule has 1 aliphatic rings. The Morgan fingerprint density at radius 2 is 1.77 bits per heavy atom. The summed E-state index contributed by atoms with van der Waals surface area (Å²) in [6.07, 6.45) is 0.387. The number of nitriles is 1. The zero-order valence-electron chi connectivity index (χ0n) is 17.6. The standard InChI is InChI=1S/C24H25N3O4/c1-17-3-5-19(6-4-17)15-20(16-25)24(29)31-18(2)23(28)26-21-7-9-22(10-8-21)27-11-13-30-14-12-27/h3-10,15,18H,11-14H2,1-2H3,(H,26,28)/b20-15+/t18-/m0/s1. The summed E-state index contributed by atoms with van der Waals surface area (Å²) in [6.45, 7) is 6.47. The molecule has 0 saturated carbocycles. The van der Waals surface area contributed by atoms with Gasteiger partial charge in [0, 0.05) is 24.5 Å². The van der Waals surface area contributed by atoms with Crippen molar-refractivity contribution in [1.29, 1.82) is 5.26 Å². The number of nitrogens with one attached hydrogen (secondary N) is 1. The molecule has 0 aliphatic carbocycles. The molecule has 1 aliphatic heterocycles. The van der Waals surface area contributed by atoms with Crippen molar-refractivity contribution in [2.75, 3.05) is 36.5 Å². The fourth-order valence-electron chi connectivity index (χ4n) is 3.06. The highest BCUT2D eigenvalue weighted by Crippen LogP contribution is 2.19. The van der Waals surface area contributed by atoms with Crippen molar-refractivity contribution in [3.05, 3.63) is 65.2 Å². The van der Waals surface area contributed by atoms with Crippen molar-refractivity contribution < 1.29 is 19.1 Å². The van der Waals surface area contributed by atoms with Crippen molar-refractivity contribution in [1.82, 2.24) is 0 Å². The van der Waals surface area contributed by atoms with E-state index in [-0.39, 0.29) is 5.57 Å². The number of carbonyl (C=O) groups excluding carboxylic acids is 2. The molecular weight excluding hydrogens is 394 g/mol. The summed E-state index contributed by atoms with van der Waals surface area (Å²) >= 11 is 0. The van der Waals surface area contributed by atoms with E-state index in [0.29, 0.717) is 24.5 Å². The molecule has 31 heavy (non-hydrogen) atoms. The van der Waals surface area contributed by atoms with Gasteiger partial charge in [-0.15, -0.1) is 0 Å². The number of amides is 1. The van der Waals surface area contributed by atoms with Gasteiger partial charge in [0.15, 0.2) is 6.10 Å². The minimum absolute atomic E-state index is 0.168. The summed E-state index contributed by atoms with van der Waals surface area (Å²) in [5.41, 5.74) is 3.26. The number of nitrogens with zero attached hydrogens (tertiary/aromatic N) is 2. The molecule has 0 bridgehead atoms. The lowest BCUT2D eigenvalue weighted by Gasteiger charge is -2.28. The highest BCUT2D eigenvalue weighted by Gasteiger charge is 2.21. The number of aryl methyl sites for hydroxylation is 1. The lowest BCUT2D eigenvalue weighted by atomic mass is 10.1. The van der Waals surface area contributed by atoms with E-state index in [9.17, 15) is 14.9 Å². The minimum Gasteiger partial charge on any atom is -0.448 e. The van der Waals surface area contributed by atoms with Crippen molar-refractivity contribution in [3.63, 3.8) is 0 Å². The van der Waals surface area contributed by atoms with E-state index in [1.165, 1.54) is 13.0 Å². The van der Waals surface area contributed by atoms with E-state index in [1.54, 1.807) is 24.3 Å². The maximum Gasteiger partial charge on any atom is 0.349 e. The second kappa shape index (κ2) is 10.4. The molecule has 1 amide bonds. The first-order valence-corrected chi connectivity index (χ1v) is 10.1. The van der Waals surface area contributed by atoms with Gasteiger partial charge in [0.1, 0.15) is 11.6 Å². The first-order chi connectivity index (χ1) is 15.0. The van der Waals surface area contributed by atoms with E-state index in [2.05, 4.69) is 10.2 Å². The third-order valence-corrected chi connectivity index (χ3v) is 4.89. The fraction of sp³-hybridized carbons (Fsp3) is 0.292. The monoisotopic (exact) mass is 419 g/mol. The predicted molar refractivity (Wildman–Crippen MR) is 118 cm³/mol. The molecule has 0 unspecified atom stereocenters. The Bertz CT molecular complexity index is 985. The zero-order chi connectivity index (χ0) is 22.2. The van der Waals surface area contributed by atoms with Crippen molar-refractivity contribution in [3.8, 4) is 6.07 Å². The van der Waals surface area contributed by atoms with Crippen LogP contribution in [0.3, 0.4) is 0 Å². The Hall–Kier alpha value is -3.63. The molecular formula is C24H25N3O4. The summed E-state index contributed by atoms with van der Waals surface area (Å²) in [6, 6.07) is 16.7. The van der Waals surface area contributed by atoms with Crippen LogP contribution in [0.1, 0.15) is 18.1 Å². The predicted octanol–water partition coefficient (Wildman–Crippen LogP) is 3.31. The lowest BCUT2D eigenvalue weighted by Crippen LogP contribution is -2.36. The van der Waals surface area contributed by atoms with Crippen molar-refractivity contribution in [2.24, 2.45) is 0 Å². The molecule has 1 atom stereocenters. The maximum atomic E-state index is 12.4. The third-order valence-electron chi connectivity index (χ3n) is 4.89. The van der Waals surface area contributed by atoms with Crippen LogP contribution in [-0.4, -0.2) is 44.3 Å². The number of hydrogen-bond donors (Lipinski definition) is 1. The molecule has 7 nitrogen and oxygen atoms in total. The summed E-state index contributed by atoms with van der Waals surface area (Å²) in [5.74, 6) is -1.31. The van der Waals surface area contributed by atoms with Gasteiger partial charge in [0.05, 0.1) is 13.2 Å². The highest BCUT2D eigenvalue weighted by molar-refractivity contribution is 6.01. The summed E-state index contributed by atoms with van der Waals surface area (Å²) in [5, 5.41) is 12.0. The van der Waals surface area contributed by atoms with Crippen LogP contribution in [0.5, 0.6) is 0 Å². The number of morpholine rings is 1. The largest absolute Gasteiger partial charge is 0.448 e. The first-order valence-electron chi connectivity index (χ1n) is 10.1. The number of ether oxygens (including phenoxy) is 2. The number of anilines is 2. The molecule has 1 saturated heterocycles. The smallest absolute Gasteiger partial charge is 0.349 e. The van der Waals surface area contributed by atoms with E-state index < -0.39 is 18.0 Å². The van der Waals surface area contributed by atoms with Crippen LogP contribution in [0.2, 0.25) is 0 Å². The summed E-state index contributed by atoms with van der Waals surface area (Å²) < 4.78 is 10.5. The molecule has 2 aromatic carbocycles. The molecule has 0 radical (unpaired) electrons. The second-order valence-corrected chi connectivity index (χ2v) is 7.26. The zero-order valence-corrected chi connectivity index (χ0v) is 17.6. The number of carbonyl (C=O) groups is 2. The van der Waals surface area contributed by atoms with Gasteiger partial charge >= 0.3 is 5.97 Å². The second-order valence-electron chi connectivity index (χ2n) is 7.26. The molecule has 1 fully saturated rings. The third kappa shape index (κ3) is 6.17. The van der Waals surface area contributed by atoms with Crippen LogP contribution >= 0.6 is 0 Å². The van der Waals surface area contributed by atoms with Crippen LogP contribution in [0.15, 0.2) is 54.1 Å². The topological polar surface area (TPSA) is 91.7 Å². The quantitative estimate of drug-likeness (QED) is 0.439. The number of rotatable bonds is 6. The fourth-order valence-corrected chi connectivity index (χ4v) is 3.06. The van der Waals surface area contributed by atoms with Crippen molar-refractivity contribution >= 4 is 29.3 Å². The lowest BCUT2D eigenvalue weighted by molar-refractivity contribution is -0.148. The van der Waals surface area contributed by atoms with E-state index >= 15 is 0 Å². The highest BCUT2D eigenvalue weighted by atomic mass is 16.5. The summed E-state index contributed by atoms with van der Waals surface area (Å²) in [7, 11) is 0. The van der Waals surface area contributed by atoms with Gasteiger partial charge in [0.2, 0.25) is 0 Å². The number of hydrogen-bond acceptors (Lipinski definition) is 6. The molecule has 3 rings (SSSR count). The Labute approximate surface area is 181 Å². The molecule has 2 aromatic rings. The average Bonchev–Trinajstić information content (AvgIpc) is 2.79. The minimum atomic E-state index is -1.05. The first kappa shape index (κ1) is 22.1. The van der Waals surface area contributed by atoms with Gasteiger partial charge in [-0.3, -0.25) is 4.79 Å². The Morgan fingerprint density at radius 3 is 2.39 bits per heavy atom. The Balaban J connectivity index is 1.57. The van der Waals surface area contributed by atoms with Crippen LogP contribution in [0.4, 0.5) is 11.4 Å². The van der Waals surface area contributed by atoms with Gasteiger partial charge in [0.25, 0.3) is 5.91 Å². The average molecular weight is 419 g/mol. The van der Waals surface area contributed by atoms with E-state index in [0.717, 1.165) is 24.3 Å². The van der Waals surface area contributed by atoms with Crippen LogP contribution in [0, 0.1) is 18.3 Å². The van der Waals surface area contributed by atoms with Gasteiger partial charge < -0.3 is 19.7 Å². The van der Waals surface area contributed by atoms with Crippen molar-refractivity contribution in [2.45, 2.75) is 20.0 Å². The SMILES string of the molecule is Cc1ccc(/C=C(\C#N)C(=O)O[C@@H](C)C(=O)Nc2ccc(N3CCOCC3)cc2)cc1. The molecule has 0 spiro atoms. The van der Waals surface area contributed by atoms with Gasteiger partial charge in [-0.25, -0.2) is 4.79 Å². The Morgan fingerprint density at radius 1 is 1.13 bits per heavy atom. The Kier molecular flexibility index (Phi) is 7.41. The van der Waals surface area contributed by atoms with Crippen LogP contribution in [0.25, 0.3) is 6.08 Å². The molecule has 0 aromatic heterocycles. The molecule has 1 heterocycles. The summed E-state index contributed by atoms with van der Waals surface area (Å²) in [4.78, 5) is 27.0. The van der Waals surface area contributed by atoms with E-state index in [1.807, 2.05) is 37.3 Å². The number of esters is 1. The van der Waals surface area contributed by atoms with Gasteiger partial charge in [-0.2, -0.15) is 5.26 Å². The molecule has 1 N–H and O–H groups in total. The van der Waals surface area contributed by atoms with E-state index in [4.69, 9.17) is 9.47 Å².